The lowest BCUT2D eigenvalue weighted by molar-refractivity contribution is -0.139. The van der Waals surface area contributed by atoms with E-state index in [1.165, 1.54) is 30.5 Å². The molecule has 0 spiro atoms. The topological polar surface area (TPSA) is 140 Å². The SMILES string of the molecule is O=C(Nc1ccc(C(=O)N2CCN(C(=O)C3CNCC3O)CC2)c(Cl)c1)c1ncc(Cc2ccc(OCF)c(F)c2F)[nH]1. The predicted octanol–water partition coefficient (Wildman–Crippen LogP) is 2.35. The summed E-state index contributed by atoms with van der Waals surface area (Å²) in [5, 5.41) is 15.7. The van der Waals surface area contributed by atoms with E-state index < -0.39 is 42.2 Å². The number of imidazole rings is 1. The number of aromatic amines is 1. The molecule has 3 heterocycles. The van der Waals surface area contributed by atoms with Crippen molar-refractivity contribution in [1.82, 2.24) is 25.1 Å². The molecule has 43 heavy (non-hydrogen) atoms. The van der Waals surface area contributed by atoms with Gasteiger partial charge >= 0.3 is 0 Å². The highest BCUT2D eigenvalue weighted by Gasteiger charge is 2.36. The summed E-state index contributed by atoms with van der Waals surface area (Å²) in [7, 11) is 0. The lowest BCUT2D eigenvalue weighted by Crippen LogP contribution is -2.53. The third-order valence-corrected chi connectivity index (χ3v) is 7.71. The van der Waals surface area contributed by atoms with Crippen LogP contribution in [0, 0.1) is 17.6 Å². The molecule has 228 valence electrons. The van der Waals surface area contributed by atoms with Gasteiger partial charge in [0, 0.05) is 63.3 Å². The van der Waals surface area contributed by atoms with Gasteiger partial charge in [0.25, 0.3) is 11.8 Å². The van der Waals surface area contributed by atoms with Crippen LogP contribution in [0.1, 0.15) is 32.2 Å². The van der Waals surface area contributed by atoms with E-state index in [1.807, 2.05) is 0 Å². The molecule has 11 nitrogen and oxygen atoms in total. The normalized spacial score (nSPS) is 18.5. The molecule has 3 aromatic rings. The maximum atomic E-state index is 14.3. The molecular weight excluding hydrogens is 593 g/mol. The third-order valence-electron chi connectivity index (χ3n) is 7.40. The second-order valence-electron chi connectivity index (χ2n) is 10.1. The minimum absolute atomic E-state index is 0.0516. The number of carbonyl (C=O) groups excluding carboxylic acids is 3. The number of nitrogens with zero attached hydrogens (tertiary/aromatic N) is 3. The number of nitrogens with one attached hydrogen (secondary N) is 3. The van der Waals surface area contributed by atoms with Crippen molar-refractivity contribution >= 4 is 35.0 Å². The van der Waals surface area contributed by atoms with Crippen molar-refractivity contribution < 1.29 is 37.4 Å². The monoisotopic (exact) mass is 620 g/mol. The highest BCUT2D eigenvalue weighted by Crippen LogP contribution is 2.26. The molecular formula is C28H28ClF3N6O5. The fourth-order valence-corrected chi connectivity index (χ4v) is 5.32. The van der Waals surface area contributed by atoms with Gasteiger partial charge < -0.3 is 35.3 Å². The summed E-state index contributed by atoms with van der Waals surface area (Å²) in [6.07, 6.45) is 0.459. The van der Waals surface area contributed by atoms with Crippen LogP contribution in [0.15, 0.2) is 36.5 Å². The second-order valence-corrected chi connectivity index (χ2v) is 10.5. The second kappa shape index (κ2) is 13.0. The number of aliphatic hydroxyl groups excluding tert-OH is 1. The zero-order valence-corrected chi connectivity index (χ0v) is 23.5. The first kappa shape index (κ1) is 30.3. The zero-order chi connectivity index (χ0) is 30.7. The number of aliphatic hydroxyl groups is 1. The number of benzene rings is 2. The maximum absolute atomic E-state index is 14.3. The molecule has 0 radical (unpaired) electrons. The Bertz CT molecular complexity index is 1530. The molecule has 2 saturated heterocycles. The minimum atomic E-state index is -1.32. The quantitative estimate of drug-likeness (QED) is 0.303. The Balaban J connectivity index is 1.17. The number of rotatable bonds is 8. The number of hydrogen-bond acceptors (Lipinski definition) is 7. The van der Waals surface area contributed by atoms with Gasteiger partial charge in [-0.25, -0.2) is 13.8 Å². The van der Waals surface area contributed by atoms with Gasteiger partial charge in [0.2, 0.25) is 18.6 Å². The average Bonchev–Trinajstić information content (AvgIpc) is 3.65. The van der Waals surface area contributed by atoms with E-state index in [0.29, 0.717) is 50.6 Å². The molecule has 2 atom stereocenters. The van der Waals surface area contributed by atoms with E-state index in [1.54, 1.807) is 9.80 Å². The molecule has 0 saturated carbocycles. The summed E-state index contributed by atoms with van der Waals surface area (Å²) in [4.78, 5) is 48.5. The molecule has 2 fully saturated rings. The Morgan fingerprint density at radius 3 is 2.49 bits per heavy atom. The largest absolute Gasteiger partial charge is 0.460 e. The molecule has 2 unspecified atom stereocenters. The fraction of sp³-hybridized carbons (Fsp3) is 0.357. The summed E-state index contributed by atoms with van der Waals surface area (Å²) < 4.78 is 45.1. The van der Waals surface area contributed by atoms with Crippen LogP contribution in [0.3, 0.4) is 0 Å². The molecule has 2 aromatic carbocycles. The summed E-state index contributed by atoms with van der Waals surface area (Å²) in [6, 6.07) is 6.77. The Kier molecular flexibility index (Phi) is 9.18. The number of carbonyl (C=O) groups is 3. The van der Waals surface area contributed by atoms with E-state index >= 15 is 0 Å². The Morgan fingerprint density at radius 2 is 1.81 bits per heavy atom. The van der Waals surface area contributed by atoms with E-state index in [4.69, 9.17) is 11.6 Å². The molecule has 2 aliphatic rings. The Morgan fingerprint density at radius 1 is 1.07 bits per heavy atom. The van der Waals surface area contributed by atoms with Crippen molar-refractivity contribution in [3.05, 3.63) is 75.8 Å². The number of ether oxygens (including phenoxy) is 1. The smallest absolute Gasteiger partial charge is 0.291 e. The van der Waals surface area contributed by atoms with E-state index in [2.05, 4.69) is 25.3 Å². The maximum Gasteiger partial charge on any atom is 0.291 e. The number of amides is 3. The Labute approximate surface area is 249 Å². The van der Waals surface area contributed by atoms with E-state index in [9.17, 15) is 32.7 Å². The lowest BCUT2D eigenvalue weighted by atomic mass is 10.0. The van der Waals surface area contributed by atoms with Gasteiger partial charge in [0.15, 0.2) is 17.4 Å². The highest BCUT2D eigenvalue weighted by atomic mass is 35.5. The highest BCUT2D eigenvalue weighted by molar-refractivity contribution is 6.34. The van der Waals surface area contributed by atoms with Crippen molar-refractivity contribution in [2.24, 2.45) is 5.92 Å². The summed E-state index contributed by atoms with van der Waals surface area (Å²) in [5.41, 5.74) is 0.788. The van der Waals surface area contributed by atoms with Gasteiger partial charge in [-0.05, 0) is 29.8 Å². The van der Waals surface area contributed by atoms with Crippen LogP contribution in [0.2, 0.25) is 5.02 Å². The van der Waals surface area contributed by atoms with Crippen LogP contribution < -0.4 is 15.4 Å². The molecule has 5 rings (SSSR count). The predicted molar refractivity (Wildman–Crippen MR) is 149 cm³/mol. The number of aromatic nitrogens is 2. The van der Waals surface area contributed by atoms with Crippen LogP contribution in [0.5, 0.6) is 5.75 Å². The molecule has 2 aliphatic heterocycles. The van der Waals surface area contributed by atoms with Gasteiger partial charge in [0.1, 0.15) is 0 Å². The number of alkyl halides is 1. The van der Waals surface area contributed by atoms with Crippen LogP contribution in [-0.2, 0) is 11.2 Å². The van der Waals surface area contributed by atoms with Crippen LogP contribution >= 0.6 is 11.6 Å². The summed E-state index contributed by atoms with van der Waals surface area (Å²) in [6.45, 7) is 0.798. The van der Waals surface area contributed by atoms with Gasteiger partial charge in [-0.15, -0.1) is 0 Å². The number of halogens is 4. The van der Waals surface area contributed by atoms with Gasteiger partial charge in [-0.2, -0.15) is 4.39 Å². The molecule has 0 bridgehead atoms. The van der Waals surface area contributed by atoms with Crippen molar-refractivity contribution in [1.29, 1.82) is 0 Å². The van der Waals surface area contributed by atoms with Crippen LogP contribution in [0.25, 0.3) is 0 Å². The molecule has 1 aromatic heterocycles. The first-order valence-electron chi connectivity index (χ1n) is 13.4. The number of β-amino-alcohol motifs (C(OH)–C–C–N with tert-alkyl or cyclic N) is 1. The van der Waals surface area contributed by atoms with E-state index in [0.717, 1.165) is 6.07 Å². The third kappa shape index (κ3) is 6.60. The zero-order valence-electron chi connectivity index (χ0n) is 22.7. The van der Waals surface area contributed by atoms with Crippen molar-refractivity contribution in [2.45, 2.75) is 12.5 Å². The van der Waals surface area contributed by atoms with Crippen molar-refractivity contribution in [3.63, 3.8) is 0 Å². The fourth-order valence-electron chi connectivity index (χ4n) is 5.06. The first-order chi connectivity index (χ1) is 20.7. The summed E-state index contributed by atoms with van der Waals surface area (Å²) in [5.74, 6) is -4.74. The number of hydrogen-bond donors (Lipinski definition) is 4. The molecule has 4 N–H and O–H groups in total. The van der Waals surface area contributed by atoms with Gasteiger partial charge in [-0.3, -0.25) is 14.4 Å². The van der Waals surface area contributed by atoms with Crippen LogP contribution in [0.4, 0.5) is 18.9 Å². The first-order valence-corrected chi connectivity index (χ1v) is 13.8. The average molecular weight is 621 g/mol. The van der Waals surface area contributed by atoms with Crippen molar-refractivity contribution in [3.8, 4) is 5.75 Å². The number of anilines is 1. The Hall–Kier alpha value is -4.14. The van der Waals surface area contributed by atoms with Crippen LogP contribution in [-0.4, -0.2) is 94.8 Å². The van der Waals surface area contributed by atoms with Gasteiger partial charge in [0.05, 0.1) is 22.6 Å². The standard InChI is InChI=1S/C28H28ClF3N6O5/c29-20-10-16(2-3-18(20)27(41)37-5-7-38(8-6-37)28(42)19-12-33-13-21(19)39)36-26(40)25-34-11-17(35-25)9-15-1-4-22(43-14-30)24(32)23(15)31/h1-4,10-11,19,21,33,39H,5-9,12-14H2,(H,34,35)(H,36,40). The molecule has 15 heteroatoms. The summed E-state index contributed by atoms with van der Waals surface area (Å²) >= 11 is 6.39. The van der Waals surface area contributed by atoms with Crippen molar-refractivity contribution in [2.75, 3.05) is 51.4 Å². The lowest BCUT2D eigenvalue weighted by Gasteiger charge is -2.36. The molecule has 0 aliphatic carbocycles. The number of H-pyrrole nitrogens is 1. The molecule has 3 amide bonds. The minimum Gasteiger partial charge on any atom is -0.460 e. The number of piperazine rings is 1. The van der Waals surface area contributed by atoms with E-state index in [-0.39, 0.29) is 40.2 Å². The van der Waals surface area contributed by atoms with Gasteiger partial charge in [-0.1, -0.05) is 17.7 Å².